The molecule has 7 rings (SSSR count). The quantitative estimate of drug-likeness (QED) is 0.264. The average Bonchev–Trinajstić information content (AvgIpc) is 3.79. The summed E-state index contributed by atoms with van der Waals surface area (Å²) in [6.45, 7) is 8.96. The van der Waals surface area contributed by atoms with Gasteiger partial charge in [-0.2, -0.15) is 0 Å². The second-order valence-corrected chi connectivity index (χ2v) is 14.1. The fourth-order valence-corrected chi connectivity index (χ4v) is 10.2. The largest absolute Gasteiger partial charge is 0.472 e. The van der Waals surface area contributed by atoms with E-state index in [1.54, 1.807) is 18.6 Å². The van der Waals surface area contributed by atoms with Gasteiger partial charge in [-0.1, -0.05) is 56.7 Å². The summed E-state index contributed by atoms with van der Waals surface area (Å²) in [7, 11) is 1.42. The predicted molar refractivity (Wildman–Crippen MR) is 161 cm³/mol. The van der Waals surface area contributed by atoms with E-state index in [4.69, 9.17) is 23.4 Å². The highest BCUT2D eigenvalue weighted by Gasteiger charge is 2.78. The van der Waals surface area contributed by atoms with Gasteiger partial charge < -0.3 is 28.5 Å². The zero-order chi connectivity index (χ0) is 31.0. The first-order chi connectivity index (χ1) is 21.0. The number of aliphatic hydroxyl groups is 1. The van der Waals surface area contributed by atoms with Gasteiger partial charge in [-0.25, -0.2) is 4.79 Å². The van der Waals surface area contributed by atoms with Gasteiger partial charge in [0.05, 0.1) is 50.7 Å². The van der Waals surface area contributed by atoms with Crippen LogP contribution in [0.4, 0.5) is 0 Å². The first-order valence-electron chi connectivity index (χ1n) is 15.7. The van der Waals surface area contributed by atoms with Gasteiger partial charge in [-0.05, 0) is 48.1 Å². The van der Waals surface area contributed by atoms with E-state index in [1.807, 2.05) is 36.4 Å². The minimum atomic E-state index is -0.753. The van der Waals surface area contributed by atoms with E-state index in [9.17, 15) is 14.7 Å². The summed E-state index contributed by atoms with van der Waals surface area (Å²) in [6.07, 6.45) is 5.64. The third kappa shape index (κ3) is 4.06. The Labute approximate surface area is 258 Å². The van der Waals surface area contributed by atoms with Gasteiger partial charge >= 0.3 is 11.9 Å². The molecular formula is C36H42O8. The maximum Gasteiger partial charge on any atom is 0.331 e. The Kier molecular flexibility index (Phi) is 6.99. The third-order valence-corrected chi connectivity index (χ3v) is 12.2. The maximum absolute atomic E-state index is 13.4. The number of aliphatic hydroxyl groups excluding tert-OH is 1. The molecule has 2 saturated heterocycles. The number of benzene rings is 1. The first kappa shape index (κ1) is 29.5. The van der Waals surface area contributed by atoms with Crippen molar-refractivity contribution in [3.8, 4) is 0 Å². The highest BCUT2D eigenvalue weighted by Crippen LogP contribution is 2.73. The molecule has 8 nitrogen and oxygen atoms in total. The zero-order valence-electron chi connectivity index (χ0n) is 26.0. The van der Waals surface area contributed by atoms with Crippen LogP contribution in [0, 0.1) is 28.1 Å². The summed E-state index contributed by atoms with van der Waals surface area (Å²) in [5, 5.41) is 11.6. The molecule has 2 aromatic rings. The summed E-state index contributed by atoms with van der Waals surface area (Å²) in [5.41, 5.74) is 2.51. The standard InChI is InChI=1S/C36H42O8/c1-20-23(22-13-14-41-18-22)15-24-30(20)36(4)25(16-29(39)40-5)35(3)27(44-28(38)12-11-21-9-7-6-8-10-21)17-26(37)34(2)19-42-31(32(34)35)33(36)43-24/h6-14,18,23-27,31-33,37H,15-17,19H2,1-5H3/t23-,24+,25+,26-,27-,31-,32+,33+,34-,35+,36+/m0/s1. The van der Waals surface area contributed by atoms with Crippen LogP contribution >= 0.6 is 0 Å². The van der Waals surface area contributed by atoms with E-state index in [0.29, 0.717) is 6.61 Å². The molecule has 5 aliphatic rings. The number of carbonyl (C=O) groups excluding carboxylic acids is 2. The summed E-state index contributed by atoms with van der Waals surface area (Å²) in [6, 6.07) is 11.6. The lowest BCUT2D eigenvalue weighted by Crippen LogP contribution is -2.70. The molecule has 44 heavy (non-hydrogen) atoms. The van der Waals surface area contributed by atoms with Crippen LogP contribution in [0.5, 0.6) is 0 Å². The molecule has 0 bridgehead atoms. The van der Waals surface area contributed by atoms with Crippen molar-refractivity contribution < 1.29 is 38.1 Å². The van der Waals surface area contributed by atoms with E-state index >= 15 is 0 Å². The molecule has 1 N–H and O–H groups in total. The fourth-order valence-electron chi connectivity index (χ4n) is 10.2. The van der Waals surface area contributed by atoms with Crippen LogP contribution in [-0.4, -0.2) is 61.3 Å². The number of fused-ring (bicyclic) bond motifs is 4. The van der Waals surface area contributed by atoms with Crippen molar-refractivity contribution in [1.82, 2.24) is 0 Å². The summed E-state index contributed by atoms with van der Waals surface area (Å²) >= 11 is 0. The van der Waals surface area contributed by atoms with Crippen molar-refractivity contribution in [2.75, 3.05) is 13.7 Å². The SMILES string of the molecule is COC(=O)C[C@H]1[C@]2(C)C3=C(C)[C@@H](c4ccoc4)C[C@H]3O[C@@H]2[C@H]2OC[C@]3(C)[C@@H]2[C@@]1(C)[C@@H](OC(=O)C=Cc1ccccc1)C[C@@H]3O. The number of carbonyl (C=O) groups is 2. The topological polar surface area (TPSA) is 104 Å². The van der Waals surface area contributed by atoms with E-state index in [2.05, 4.69) is 27.7 Å². The lowest BCUT2D eigenvalue weighted by Gasteiger charge is -2.65. The predicted octanol–water partition coefficient (Wildman–Crippen LogP) is 5.47. The molecule has 0 spiro atoms. The molecular weight excluding hydrogens is 560 g/mol. The molecule has 0 amide bonds. The number of esters is 2. The Hall–Kier alpha value is -3.20. The molecule has 3 heterocycles. The number of hydrogen-bond donors (Lipinski definition) is 1. The van der Waals surface area contributed by atoms with Gasteiger partial charge in [0, 0.05) is 47.0 Å². The first-order valence-corrected chi connectivity index (χ1v) is 15.7. The van der Waals surface area contributed by atoms with E-state index in [-0.39, 0.29) is 54.9 Å². The monoisotopic (exact) mass is 602 g/mol. The van der Waals surface area contributed by atoms with E-state index < -0.39 is 34.4 Å². The molecule has 1 aromatic carbocycles. The van der Waals surface area contributed by atoms with Crippen molar-refractivity contribution in [2.45, 2.75) is 83.4 Å². The third-order valence-electron chi connectivity index (χ3n) is 12.2. The molecule has 2 aliphatic heterocycles. The second kappa shape index (κ2) is 10.4. The molecule has 0 radical (unpaired) electrons. The lowest BCUT2D eigenvalue weighted by molar-refractivity contribution is -0.248. The number of allylic oxidation sites excluding steroid dienone is 1. The number of rotatable bonds is 6. The Morgan fingerprint density at radius 3 is 2.59 bits per heavy atom. The highest BCUT2D eigenvalue weighted by molar-refractivity contribution is 5.87. The van der Waals surface area contributed by atoms with Gasteiger partial charge in [0.25, 0.3) is 0 Å². The van der Waals surface area contributed by atoms with Gasteiger partial charge in [0.15, 0.2) is 0 Å². The Morgan fingerprint density at radius 2 is 1.89 bits per heavy atom. The molecule has 8 heteroatoms. The van der Waals surface area contributed by atoms with Crippen molar-refractivity contribution in [3.05, 3.63) is 77.3 Å². The van der Waals surface area contributed by atoms with Crippen LogP contribution in [0.25, 0.3) is 6.08 Å². The summed E-state index contributed by atoms with van der Waals surface area (Å²) in [5.74, 6) is -1.17. The summed E-state index contributed by atoms with van der Waals surface area (Å²) < 4.78 is 30.7. The number of hydrogen-bond acceptors (Lipinski definition) is 8. The fraction of sp³-hybridized carbons (Fsp3) is 0.556. The van der Waals surface area contributed by atoms with Gasteiger partial charge in [0.1, 0.15) is 6.10 Å². The average molecular weight is 603 g/mol. The number of methoxy groups -OCH3 is 1. The normalized spacial score (nSPS) is 42.2. The number of furan rings is 1. The van der Waals surface area contributed by atoms with Crippen LogP contribution in [0.15, 0.2) is 70.6 Å². The minimum absolute atomic E-state index is 0.131. The van der Waals surface area contributed by atoms with Gasteiger partial charge in [-0.3, -0.25) is 4.79 Å². The molecule has 3 aliphatic carbocycles. The van der Waals surface area contributed by atoms with Crippen LogP contribution in [-0.2, 0) is 28.5 Å². The molecule has 1 aromatic heterocycles. The van der Waals surface area contributed by atoms with E-state index in [0.717, 1.165) is 17.5 Å². The van der Waals surface area contributed by atoms with Crippen molar-refractivity contribution >= 4 is 18.0 Å². The van der Waals surface area contributed by atoms with Crippen LogP contribution in [0.2, 0.25) is 0 Å². The molecule has 0 unspecified atom stereocenters. The highest BCUT2D eigenvalue weighted by atomic mass is 16.6. The van der Waals surface area contributed by atoms with E-state index in [1.165, 1.54) is 24.3 Å². The van der Waals surface area contributed by atoms with Crippen LogP contribution in [0.1, 0.15) is 64.0 Å². The Balaban J connectivity index is 1.34. The van der Waals surface area contributed by atoms with Crippen molar-refractivity contribution in [3.63, 3.8) is 0 Å². The minimum Gasteiger partial charge on any atom is -0.472 e. The number of ether oxygens (including phenoxy) is 4. The Bertz CT molecular complexity index is 1500. The van der Waals surface area contributed by atoms with Gasteiger partial charge in [-0.15, -0.1) is 0 Å². The molecule has 234 valence electrons. The molecule has 11 atom stereocenters. The Morgan fingerprint density at radius 1 is 1.11 bits per heavy atom. The maximum atomic E-state index is 13.4. The van der Waals surface area contributed by atoms with Gasteiger partial charge in [0.2, 0.25) is 0 Å². The van der Waals surface area contributed by atoms with Crippen molar-refractivity contribution in [2.24, 2.45) is 28.1 Å². The second-order valence-electron chi connectivity index (χ2n) is 14.1. The molecule has 2 saturated carbocycles. The lowest BCUT2D eigenvalue weighted by atomic mass is 9.40. The molecule has 4 fully saturated rings. The summed E-state index contributed by atoms with van der Waals surface area (Å²) in [4.78, 5) is 26.7. The van der Waals surface area contributed by atoms with Crippen molar-refractivity contribution in [1.29, 1.82) is 0 Å². The van der Waals surface area contributed by atoms with Crippen LogP contribution in [0.3, 0.4) is 0 Å². The zero-order valence-corrected chi connectivity index (χ0v) is 26.0. The smallest absolute Gasteiger partial charge is 0.331 e. The van der Waals surface area contributed by atoms with Crippen LogP contribution < -0.4 is 0 Å².